The van der Waals surface area contributed by atoms with E-state index in [2.05, 4.69) is 151 Å². The molecule has 0 spiro atoms. The number of fused-ring (bicyclic) bond motifs is 2. The summed E-state index contributed by atoms with van der Waals surface area (Å²) in [5, 5.41) is 8.61. The van der Waals surface area contributed by atoms with Crippen molar-refractivity contribution in [3.8, 4) is 22.3 Å². The summed E-state index contributed by atoms with van der Waals surface area (Å²) in [6, 6.07) is 41.6. The van der Waals surface area contributed by atoms with Gasteiger partial charge in [-0.25, -0.2) is 0 Å². The molecule has 0 atom stereocenters. The smallest absolute Gasteiger partial charge is 0.358 e. The van der Waals surface area contributed by atoms with Gasteiger partial charge in [-0.1, -0.05) is 111 Å². The van der Waals surface area contributed by atoms with Gasteiger partial charge in [-0.2, -0.15) is 12.1 Å². The Hall–Kier alpha value is -2.81. The SMILES string of the molecule is Cc1cccc(-c2cccc3[cH-]c([Si](c4cc5c(-c6cccc(C)c6)cccc5[cH-]4)(C(C)C)C(C)C)cc23)c1.[CH3-].[CH3-].[Hf+4]. The summed E-state index contributed by atoms with van der Waals surface area (Å²) in [7, 11) is -2.14. The average molecular weight is 731 g/mol. The van der Waals surface area contributed by atoms with Gasteiger partial charge in [0, 0.05) is 0 Å². The van der Waals surface area contributed by atoms with Crippen molar-refractivity contribution in [1.82, 2.24) is 0 Å². The molecule has 6 aromatic carbocycles. The fraction of sp³-hybridized carbons (Fsp3) is 0.200. The first-order valence-corrected chi connectivity index (χ1v) is 16.5. The van der Waals surface area contributed by atoms with Crippen LogP contribution in [0.3, 0.4) is 0 Å². The maximum Gasteiger partial charge on any atom is 4.00 e. The van der Waals surface area contributed by atoms with Crippen molar-refractivity contribution in [2.75, 3.05) is 0 Å². The van der Waals surface area contributed by atoms with E-state index >= 15 is 0 Å². The first-order chi connectivity index (χ1) is 18.8. The zero-order chi connectivity index (χ0) is 27.3. The van der Waals surface area contributed by atoms with Gasteiger partial charge in [-0.05, 0) is 36.1 Å². The summed E-state index contributed by atoms with van der Waals surface area (Å²) < 4.78 is 0. The predicted octanol–water partition coefficient (Wildman–Crippen LogP) is 10.7. The minimum absolute atomic E-state index is 0. The van der Waals surface area contributed by atoms with Crippen LogP contribution < -0.4 is 10.4 Å². The molecule has 0 bridgehead atoms. The van der Waals surface area contributed by atoms with Gasteiger partial charge in [0.25, 0.3) is 0 Å². The second-order valence-corrected chi connectivity index (χ2v) is 17.2. The summed E-state index contributed by atoms with van der Waals surface area (Å²) in [6.07, 6.45) is 0. The second kappa shape index (κ2) is 13.2. The number of rotatable bonds is 6. The number of hydrogen-bond donors (Lipinski definition) is 0. The van der Waals surface area contributed by atoms with Crippen molar-refractivity contribution in [2.45, 2.75) is 52.6 Å². The zero-order valence-corrected chi connectivity index (χ0v) is 31.1. The Morgan fingerprint density at radius 1 is 0.524 bits per heavy atom. The maximum atomic E-state index is 2.55. The molecule has 0 unspecified atom stereocenters. The van der Waals surface area contributed by atoms with E-state index in [1.54, 1.807) is 10.4 Å². The van der Waals surface area contributed by atoms with Crippen molar-refractivity contribution in [1.29, 1.82) is 0 Å². The average Bonchev–Trinajstić information content (AvgIpc) is 3.53. The molecule has 0 fully saturated rings. The van der Waals surface area contributed by atoms with E-state index in [0.717, 1.165) is 0 Å². The van der Waals surface area contributed by atoms with Gasteiger partial charge >= 0.3 is 25.8 Å². The molecule has 6 rings (SSSR count). The zero-order valence-electron chi connectivity index (χ0n) is 26.5. The molecular weight excluding hydrogens is 687 g/mol. The predicted molar refractivity (Wildman–Crippen MR) is 187 cm³/mol. The summed E-state index contributed by atoms with van der Waals surface area (Å²) >= 11 is 0. The van der Waals surface area contributed by atoms with Crippen LogP contribution in [-0.2, 0) is 25.8 Å². The van der Waals surface area contributed by atoms with Crippen LogP contribution in [0.2, 0.25) is 11.1 Å². The summed E-state index contributed by atoms with van der Waals surface area (Å²) in [6.45, 7) is 14.2. The Bertz CT molecular complexity index is 1660. The van der Waals surface area contributed by atoms with E-state index < -0.39 is 8.07 Å². The van der Waals surface area contributed by atoms with E-state index in [9.17, 15) is 0 Å². The molecule has 42 heavy (non-hydrogen) atoms. The van der Waals surface area contributed by atoms with E-state index in [4.69, 9.17) is 0 Å². The third-order valence-electron chi connectivity index (χ3n) is 8.94. The van der Waals surface area contributed by atoms with Crippen LogP contribution in [0.25, 0.3) is 43.8 Å². The van der Waals surface area contributed by atoms with Crippen molar-refractivity contribution < 1.29 is 25.8 Å². The van der Waals surface area contributed by atoms with E-state index in [-0.39, 0.29) is 40.7 Å². The quantitative estimate of drug-likeness (QED) is 0.118. The third-order valence-corrected chi connectivity index (χ3v) is 15.1. The summed E-state index contributed by atoms with van der Waals surface area (Å²) in [5.74, 6) is 0. The molecular formula is C40H44HfSi. The Morgan fingerprint density at radius 3 is 1.26 bits per heavy atom. The molecule has 0 aliphatic rings. The third kappa shape index (κ3) is 5.61. The fourth-order valence-electron chi connectivity index (χ4n) is 7.24. The maximum absolute atomic E-state index is 2.55. The van der Waals surface area contributed by atoms with Crippen molar-refractivity contribution in [3.05, 3.63) is 135 Å². The number of hydrogen-bond acceptors (Lipinski definition) is 0. The Morgan fingerprint density at radius 2 is 0.905 bits per heavy atom. The molecule has 0 aliphatic carbocycles. The first kappa shape index (κ1) is 33.7. The number of benzene rings is 4. The van der Waals surface area contributed by atoms with Crippen LogP contribution in [0, 0.1) is 28.7 Å². The van der Waals surface area contributed by atoms with Gasteiger partial charge in [0.15, 0.2) is 0 Å². The molecule has 0 nitrogen and oxygen atoms in total. The van der Waals surface area contributed by atoms with Gasteiger partial charge in [-0.15, -0.1) is 68.3 Å². The van der Waals surface area contributed by atoms with Gasteiger partial charge in [0.2, 0.25) is 0 Å². The van der Waals surface area contributed by atoms with Crippen molar-refractivity contribution >= 4 is 40.0 Å². The minimum Gasteiger partial charge on any atom is -0.358 e. The molecule has 0 radical (unpaired) electrons. The van der Waals surface area contributed by atoms with Gasteiger partial charge < -0.3 is 14.9 Å². The molecule has 0 N–H and O–H groups in total. The molecule has 0 aromatic heterocycles. The van der Waals surface area contributed by atoms with Gasteiger partial charge in [0.1, 0.15) is 0 Å². The van der Waals surface area contributed by atoms with Crippen LogP contribution in [0.1, 0.15) is 38.8 Å². The molecule has 6 aromatic rings. The molecule has 0 heterocycles. The topological polar surface area (TPSA) is 0 Å². The van der Waals surface area contributed by atoms with E-state index in [1.807, 2.05) is 0 Å². The first-order valence-electron chi connectivity index (χ1n) is 14.3. The van der Waals surface area contributed by atoms with E-state index in [0.29, 0.717) is 11.1 Å². The minimum atomic E-state index is -2.14. The number of aryl methyl sites for hydroxylation is 2. The Kier molecular flexibility index (Phi) is 10.6. The largest absolute Gasteiger partial charge is 4.00 e. The van der Waals surface area contributed by atoms with Crippen LogP contribution in [0.15, 0.2) is 109 Å². The molecule has 0 amide bonds. The van der Waals surface area contributed by atoms with Crippen LogP contribution in [0.4, 0.5) is 0 Å². The van der Waals surface area contributed by atoms with Gasteiger partial charge in [0.05, 0.1) is 8.07 Å². The Balaban J connectivity index is 0.00000161. The second-order valence-electron chi connectivity index (χ2n) is 12.0. The summed E-state index contributed by atoms with van der Waals surface area (Å²) in [5.41, 5.74) is 9.03. The summed E-state index contributed by atoms with van der Waals surface area (Å²) in [4.78, 5) is 0. The molecule has 0 saturated carbocycles. The Labute approximate surface area is 274 Å². The molecule has 0 aliphatic heterocycles. The van der Waals surface area contributed by atoms with Crippen LogP contribution in [-0.4, -0.2) is 8.07 Å². The van der Waals surface area contributed by atoms with Crippen molar-refractivity contribution in [3.63, 3.8) is 0 Å². The molecule has 2 heteroatoms. The van der Waals surface area contributed by atoms with Crippen LogP contribution in [0.5, 0.6) is 0 Å². The van der Waals surface area contributed by atoms with Crippen LogP contribution >= 0.6 is 0 Å². The molecule has 0 saturated heterocycles. The van der Waals surface area contributed by atoms with Gasteiger partial charge in [-0.3, -0.25) is 0 Å². The monoisotopic (exact) mass is 732 g/mol. The fourth-order valence-corrected chi connectivity index (χ4v) is 13.1. The van der Waals surface area contributed by atoms with E-state index in [1.165, 1.54) is 54.9 Å². The normalized spacial score (nSPS) is 11.4. The van der Waals surface area contributed by atoms with Crippen molar-refractivity contribution in [2.24, 2.45) is 0 Å². The standard InChI is InChI=1S/C38H38Si.2CH3.Hf/c1-25(2)39(26(3)4,33-21-31-15-9-17-35(37(31)23-33)29-13-7-11-27(5)19-29)34-22-32-16-10-18-36(38(32)24-34)30-14-8-12-28(6)20-30;;;/h7-26H,1-6H3;2*1H3;/q-2;2*-1;+4. The molecule has 212 valence electrons.